The largest absolute Gasteiger partial charge is 0.478 e. The lowest BCUT2D eigenvalue weighted by Gasteiger charge is -2.19. The van der Waals surface area contributed by atoms with Gasteiger partial charge in [0, 0.05) is 26.4 Å². The summed E-state index contributed by atoms with van der Waals surface area (Å²) in [7, 11) is -3.56. The Morgan fingerprint density at radius 2 is 1.60 bits per heavy atom. The molecule has 9 heteroatoms. The minimum Gasteiger partial charge on any atom is -0.478 e. The topological polar surface area (TPSA) is 84.3 Å². The Hall–Kier alpha value is -3.62. The first-order valence-electron chi connectivity index (χ1n) is 13.4. The summed E-state index contributed by atoms with van der Waals surface area (Å²) in [5.74, 6) is -0.649. The average molecular weight is 649 g/mol. The van der Waals surface area contributed by atoms with Gasteiger partial charge in [-0.25, -0.2) is 18.2 Å². The lowest BCUT2D eigenvalue weighted by Crippen LogP contribution is -2.10. The van der Waals surface area contributed by atoms with Gasteiger partial charge in [0.15, 0.2) is 9.84 Å². The molecule has 1 atom stereocenters. The number of carboxylic acids is 1. The molecule has 0 saturated heterocycles. The number of halogens is 2. The number of fused-ring (bicyclic) bond motifs is 1. The Balaban J connectivity index is 1.40. The molecule has 1 heterocycles. The molecule has 4 aromatic carbocycles. The van der Waals surface area contributed by atoms with Crippen LogP contribution in [0.1, 0.15) is 44.4 Å². The third-order valence-corrected chi connectivity index (χ3v) is 10.6. The van der Waals surface area contributed by atoms with Crippen LogP contribution in [0.3, 0.4) is 0 Å². The first-order valence-corrected chi connectivity index (χ1v) is 16.9. The fourth-order valence-electron chi connectivity index (χ4n) is 4.66. The number of pyridine rings is 1. The highest BCUT2D eigenvalue weighted by atomic mass is 35.5. The van der Waals surface area contributed by atoms with Crippen molar-refractivity contribution in [1.29, 1.82) is 0 Å². The van der Waals surface area contributed by atoms with Gasteiger partial charge in [-0.1, -0.05) is 83.9 Å². The van der Waals surface area contributed by atoms with Crippen LogP contribution >= 0.6 is 35.0 Å². The van der Waals surface area contributed by atoms with Gasteiger partial charge < -0.3 is 5.11 Å². The lowest BCUT2D eigenvalue weighted by atomic mass is 10.1. The first-order chi connectivity index (χ1) is 20.7. The Kier molecular flexibility index (Phi) is 9.88. The van der Waals surface area contributed by atoms with E-state index in [1.165, 1.54) is 23.9 Å². The number of aromatic nitrogens is 1. The van der Waals surface area contributed by atoms with Crippen molar-refractivity contribution < 1.29 is 18.3 Å². The van der Waals surface area contributed by atoms with E-state index in [1.807, 2.05) is 72.8 Å². The number of aromatic carboxylic acids is 1. The molecule has 0 aliphatic rings. The van der Waals surface area contributed by atoms with Gasteiger partial charge in [-0.05, 0) is 77.7 Å². The lowest BCUT2D eigenvalue weighted by molar-refractivity contribution is 0.0696. The molecule has 5 aromatic rings. The van der Waals surface area contributed by atoms with Crippen molar-refractivity contribution in [3.8, 4) is 0 Å². The van der Waals surface area contributed by atoms with Crippen LogP contribution in [-0.4, -0.2) is 30.2 Å². The molecule has 43 heavy (non-hydrogen) atoms. The van der Waals surface area contributed by atoms with Crippen LogP contribution in [0, 0.1) is 0 Å². The van der Waals surface area contributed by atoms with E-state index in [2.05, 4.69) is 4.98 Å². The summed E-state index contributed by atoms with van der Waals surface area (Å²) >= 11 is 13.6. The number of rotatable bonds is 11. The molecular formula is C34H27Cl2NO4S2. The summed E-state index contributed by atoms with van der Waals surface area (Å²) in [6.45, 7) is 0. The van der Waals surface area contributed by atoms with Gasteiger partial charge in [0.05, 0.1) is 27.4 Å². The van der Waals surface area contributed by atoms with E-state index in [-0.39, 0.29) is 21.5 Å². The number of sulfone groups is 1. The molecule has 0 spiro atoms. The number of thioether (sulfide) groups is 1. The highest BCUT2D eigenvalue weighted by molar-refractivity contribution is 7.98. The van der Waals surface area contributed by atoms with Crippen LogP contribution < -0.4 is 0 Å². The zero-order valence-corrected chi connectivity index (χ0v) is 26.0. The van der Waals surface area contributed by atoms with Crippen molar-refractivity contribution in [2.24, 2.45) is 0 Å². The highest BCUT2D eigenvalue weighted by Gasteiger charge is 2.21. The predicted octanol–water partition coefficient (Wildman–Crippen LogP) is 9.25. The summed E-state index contributed by atoms with van der Waals surface area (Å²) in [6, 6.07) is 30.5. The molecule has 0 aliphatic heterocycles. The van der Waals surface area contributed by atoms with Crippen molar-refractivity contribution in [3.63, 3.8) is 0 Å². The van der Waals surface area contributed by atoms with Gasteiger partial charge in [-0.2, -0.15) is 0 Å². The second-order valence-corrected chi connectivity index (χ2v) is 14.1. The van der Waals surface area contributed by atoms with Crippen molar-refractivity contribution in [2.45, 2.75) is 22.3 Å². The summed E-state index contributed by atoms with van der Waals surface area (Å²) in [4.78, 5) is 16.7. The first kappa shape index (κ1) is 30.8. The van der Waals surface area contributed by atoms with E-state index in [4.69, 9.17) is 23.2 Å². The number of benzene rings is 4. The Morgan fingerprint density at radius 1 is 0.860 bits per heavy atom. The molecule has 0 fully saturated rings. The molecular weight excluding hydrogens is 621 g/mol. The van der Waals surface area contributed by atoms with Gasteiger partial charge in [0.2, 0.25) is 0 Å². The highest BCUT2D eigenvalue weighted by Crippen LogP contribution is 2.37. The summed E-state index contributed by atoms with van der Waals surface area (Å²) in [5, 5.41) is 11.5. The quantitative estimate of drug-likeness (QED) is 0.154. The average Bonchev–Trinajstić information content (AvgIpc) is 3.00. The Labute approximate surface area is 265 Å². The second-order valence-electron chi connectivity index (χ2n) is 9.90. The van der Waals surface area contributed by atoms with E-state index >= 15 is 0 Å². The Morgan fingerprint density at radius 3 is 2.40 bits per heavy atom. The van der Waals surface area contributed by atoms with Crippen LogP contribution in [0.5, 0.6) is 0 Å². The van der Waals surface area contributed by atoms with Gasteiger partial charge in [-0.15, -0.1) is 11.8 Å². The van der Waals surface area contributed by atoms with Crippen LogP contribution in [-0.2, 0) is 15.6 Å². The molecule has 0 amide bonds. The summed E-state index contributed by atoms with van der Waals surface area (Å²) in [5.41, 5.74) is 4.40. The minimum atomic E-state index is -3.56. The van der Waals surface area contributed by atoms with Crippen molar-refractivity contribution in [3.05, 3.63) is 141 Å². The number of carbonyl (C=O) groups is 1. The van der Waals surface area contributed by atoms with E-state index < -0.39 is 15.8 Å². The smallest absolute Gasteiger partial charge is 0.335 e. The molecule has 0 saturated carbocycles. The maximum atomic E-state index is 13.2. The van der Waals surface area contributed by atoms with Gasteiger partial charge in [0.1, 0.15) is 0 Å². The second kappa shape index (κ2) is 13.8. The fourth-order valence-corrected chi connectivity index (χ4v) is 7.69. The molecule has 1 unspecified atom stereocenters. The number of carboxylic acid groups (broad SMARTS) is 1. The third kappa shape index (κ3) is 8.06. The molecule has 218 valence electrons. The molecule has 5 rings (SSSR count). The summed E-state index contributed by atoms with van der Waals surface area (Å²) in [6.07, 6.45) is 4.23. The van der Waals surface area contributed by atoms with Crippen molar-refractivity contribution in [1.82, 2.24) is 4.98 Å². The standard InChI is InChI=1S/C34H27Cl2NO4S2/c35-27-12-16-30(17-13-27)43(40,41)19-18-33(42-22-26-5-1-2-7-31(26)34(38)39)25-6-3-4-23(20-25)8-14-29-15-10-24-9-11-28(36)21-32(24)37-29/h1-17,20-21,33H,18-19,22H2,(H,38,39)/b14-8+. The van der Waals surface area contributed by atoms with Gasteiger partial charge in [0.25, 0.3) is 0 Å². The molecule has 0 radical (unpaired) electrons. The SMILES string of the molecule is O=C(O)c1ccccc1CSC(CCS(=O)(=O)c1ccc(Cl)cc1)c1cccc(/C=C/c2ccc3ccc(Cl)cc3n2)c1. The van der Waals surface area contributed by atoms with Crippen molar-refractivity contribution >= 4 is 73.8 Å². The molecule has 1 N–H and O–H groups in total. The molecule has 1 aromatic heterocycles. The monoisotopic (exact) mass is 647 g/mol. The van der Waals surface area contributed by atoms with Crippen LogP contribution in [0.15, 0.2) is 108 Å². The maximum Gasteiger partial charge on any atom is 0.335 e. The van der Waals surface area contributed by atoms with E-state index in [9.17, 15) is 18.3 Å². The van der Waals surface area contributed by atoms with E-state index in [1.54, 1.807) is 30.3 Å². The zero-order valence-electron chi connectivity index (χ0n) is 22.9. The van der Waals surface area contributed by atoms with E-state index in [0.717, 1.165) is 27.7 Å². The molecule has 5 nitrogen and oxygen atoms in total. The Bertz CT molecular complexity index is 1910. The molecule has 0 aliphatic carbocycles. The molecule has 0 bridgehead atoms. The fraction of sp³-hybridized carbons (Fsp3) is 0.118. The van der Waals surface area contributed by atoms with Crippen LogP contribution in [0.25, 0.3) is 23.1 Å². The van der Waals surface area contributed by atoms with E-state index in [0.29, 0.717) is 27.8 Å². The van der Waals surface area contributed by atoms with Crippen LogP contribution in [0.2, 0.25) is 10.0 Å². The predicted molar refractivity (Wildman–Crippen MR) is 178 cm³/mol. The summed E-state index contributed by atoms with van der Waals surface area (Å²) < 4.78 is 26.4. The zero-order chi connectivity index (χ0) is 30.4. The minimum absolute atomic E-state index is 0.0729. The number of nitrogens with zero attached hydrogens (tertiary/aromatic N) is 1. The number of hydrogen-bond acceptors (Lipinski definition) is 5. The van der Waals surface area contributed by atoms with Gasteiger partial charge in [-0.3, -0.25) is 0 Å². The van der Waals surface area contributed by atoms with Crippen molar-refractivity contribution in [2.75, 3.05) is 5.75 Å². The third-order valence-electron chi connectivity index (χ3n) is 6.91. The maximum absolute atomic E-state index is 13.2. The normalized spacial score (nSPS) is 12.5. The number of hydrogen-bond donors (Lipinski definition) is 1. The van der Waals surface area contributed by atoms with Crippen LogP contribution in [0.4, 0.5) is 0 Å². The van der Waals surface area contributed by atoms with Gasteiger partial charge >= 0.3 is 5.97 Å².